The van der Waals surface area contributed by atoms with Gasteiger partial charge in [-0.25, -0.2) is 4.98 Å². The van der Waals surface area contributed by atoms with E-state index in [1.807, 2.05) is 6.20 Å². The molecule has 1 aromatic heterocycles. The molecule has 2 N–H and O–H groups in total. The number of ether oxygens (including phenoxy) is 1. The van der Waals surface area contributed by atoms with Crippen molar-refractivity contribution < 1.29 is 4.74 Å². The lowest BCUT2D eigenvalue weighted by Gasteiger charge is -2.32. The van der Waals surface area contributed by atoms with Gasteiger partial charge in [0.15, 0.2) is 0 Å². The average Bonchev–Trinajstić information content (AvgIpc) is 2.88. The van der Waals surface area contributed by atoms with Crippen molar-refractivity contribution in [2.45, 2.75) is 25.8 Å². The topological polar surface area (TPSA) is 56.3 Å². The SMILES string of the molecule is COCCCn1ccnc1N1CCC(CN)CC1. The Balaban J connectivity index is 1.90. The van der Waals surface area contributed by atoms with Crippen LogP contribution in [0.15, 0.2) is 12.4 Å². The highest BCUT2D eigenvalue weighted by Gasteiger charge is 2.20. The second kappa shape index (κ2) is 6.75. The van der Waals surface area contributed by atoms with Gasteiger partial charge in [-0.1, -0.05) is 0 Å². The van der Waals surface area contributed by atoms with E-state index >= 15 is 0 Å². The molecule has 102 valence electrons. The molecule has 5 heteroatoms. The van der Waals surface area contributed by atoms with E-state index in [0.717, 1.165) is 45.2 Å². The molecule has 0 radical (unpaired) electrons. The zero-order valence-electron chi connectivity index (χ0n) is 11.2. The molecule has 1 aliphatic rings. The van der Waals surface area contributed by atoms with E-state index in [-0.39, 0.29) is 0 Å². The number of piperidine rings is 1. The summed E-state index contributed by atoms with van der Waals surface area (Å²) in [5.41, 5.74) is 5.73. The number of rotatable bonds is 6. The Hall–Kier alpha value is -1.07. The van der Waals surface area contributed by atoms with Crippen LogP contribution in [0, 0.1) is 5.92 Å². The highest BCUT2D eigenvalue weighted by Crippen LogP contribution is 2.21. The minimum Gasteiger partial charge on any atom is -0.385 e. The summed E-state index contributed by atoms with van der Waals surface area (Å²) in [6.07, 6.45) is 7.33. The van der Waals surface area contributed by atoms with Gasteiger partial charge in [0.05, 0.1) is 0 Å². The van der Waals surface area contributed by atoms with Crippen LogP contribution in [-0.4, -0.2) is 42.9 Å². The summed E-state index contributed by atoms with van der Waals surface area (Å²) < 4.78 is 7.32. The molecule has 0 aliphatic carbocycles. The third kappa shape index (κ3) is 3.23. The van der Waals surface area contributed by atoms with Crippen molar-refractivity contribution in [1.29, 1.82) is 0 Å². The van der Waals surface area contributed by atoms with Gasteiger partial charge in [0, 0.05) is 45.7 Å². The van der Waals surface area contributed by atoms with E-state index in [9.17, 15) is 0 Å². The average molecular weight is 252 g/mol. The van der Waals surface area contributed by atoms with Crippen molar-refractivity contribution in [2.24, 2.45) is 11.7 Å². The normalized spacial score (nSPS) is 17.3. The van der Waals surface area contributed by atoms with Crippen LogP contribution in [-0.2, 0) is 11.3 Å². The molecule has 1 aromatic rings. The number of methoxy groups -OCH3 is 1. The van der Waals surface area contributed by atoms with Gasteiger partial charge in [0.2, 0.25) is 5.95 Å². The molecule has 5 nitrogen and oxygen atoms in total. The molecule has 0 aromatic carbocycles. The van der Waals surface area contributed by atoms with Gasteiger partial charge in [-0.15, -0.1) is 0 Å². The Kier molecular flexibility index (Phi) is 5.01. The van der Waals surface area contributed by atoms with Crippen LogP contribution in [0.4, 0.5) is 5.95 Å². The molecule has 1 saturated heterocycles. The Labute approximate surface area is 109 Å². The molecular formula is C13H24N4O. The molecule has 0 saturated carbocycles. The molecule has 0 amide bonds. The maximum atomic E-state index is 5.73. The quantitative estimate of drug-likeness (QED) is 0.770. The number of hydrogen-bond donors (Lipinski definition) is 1. The number of nitrogens with two attached hydrogens (primary N) is 1. The molecule has 1 aliphatic heterocycles. The minimum absolute atomic E-state index is 0.693. The van der Waals surface area contributed by atoms with Crippen LogP contribution in [0.3, 0.4) is 0 Å². The Morgan fingerprint density at radius 2 is 2.22 bits per heavy atom. The second-order valence-electron chi connectivity index (χ2n) is 4.93. The van der Waals surface area contributed by atoms with Crippen molar-refractivity contribution in [3.8, 4) is 0 Å². The first-order valence-electron chi connectivity index (χ1n) is 6.80. The predicted octanol–water partition coefficient (Wildman–Crippen LogP) is 1.09. The van der Waals surface area contributed by atoms with Crippen LogP contribution in [0.2, 0.25) is 0 Å². The zero-order chi connectivity index (χ0) is 12.8. The smallest absolute Gasteiger partial charge is 0.205 e. The fourth-order valence-electron chi connectivity index (χ4n) is 2.51. The first-order valence-corrected chi connectivity index (χ1v) is 6.80. The third-order valence-electron chi connectivity index (χ3n) is 3.67. The van der Waals surface area contributed by atoms with Crippen molar-refractivity contribution in [3.63, 3.8) is 0 Å². The van der Waals surface area contributed by atoms with E-state index in [2.05, 4.69) is 20.6 Å². The van der Waals surface area contributed by atoms with E-state index < -0.39 is 0 Å². The molecule has 1 fully saturated rings. The number of anilines is 1. The molecule has 18 heavy (non-hydrogen) atoms. The van der Waals surface area contributed by atoms with Crippen LogP contribution in [0.25, 0.3) is 0 Å². The van der Waals surface area contributed by atoms with Crippen molar-refractivity contribution in [1.82, 2.24) is 9.55 Å². The Morgan fingerprint density at radius 1 is 1.44 bits per heavy atom. The van der Waals surface area contributed by atoms with Crippen molar-refractivity contribution in [3.05, 3.63) is 12.4 Å². The molecule has 0 atom stereocenters. The van der Waals surface area contributed by atoms with E-state index in [0.29, 0.717) is 5.92 Å². The van der Waals surface area contributed by atoms with Gasteiger partial charge >= 0.3 is 0 Å². The Bertz CT molecular complexity index is 345. The molecular weight excluding hydrogens is 228 g/mol. The summed E-state index contributed by atoms with van der Waals surface area (Å²) in [7, 11) is 1.74. The first kappa shape index (κ1) is 13.4. The van der Waals surface area contributed by atoms with E-state index in [1.165, 1.54) is 12.8 Å². The zero-order valence-corrected chi connectivity index (χ0v) is 11.2. The third-order valence-corrected chi connectivity index (χ3v) is 3.67. The van der Waals surface area contributed by atoms with Crippen LogP contribution < -0.4 is 10.6 Å². The van der Waals surface area contributed by atoms with Gasteiger partial charge in [0.1, 0.15) is 0 Å². The summed E-state index contributed by atoms with van der Waals surface area (Å²) in [6.45, 7) is 4.73. The van der Waals surface area contributed by atoms with Gasteiger partial charge in [-0.3, -0.25) is 0 Å². The molecule has 0 spiro atoms. The lowest BCUT2D eigenvalue weighted by Crippen LogP contribution is -2.37. The summed E-state index contributed by atoms with van der Waals surface area (Å²) in [5, 5.41) is 0. The standard InChI is InChI=1S/C13H24N4O/c1-18-10-2-6-16-9-5-15-13(16)17-7-3-12(11-14)4-8-17/h5,9,12H,2-4,6-8,10-11,14H2,1H3. The van der Waals surface area contributed by atoms with Gasteiger partial charge in [0.25, 0.3) is 0 Å². The highest BCUT2D eigenvalue weighted by atomic mass is 16.5. The molecule has 0 unspecified atom stereocenters. The lowest BCUT2D eigenvalue weighted by atomic mass is 9.97. The maximum Gasteiger partial charge on any atom is 0.205 e. The number of aryl methyl sites for hydroxylation is 1. The Morgan fingerprint density at radius 3 is 2.89 bits per heavy atom. The van der Waals surface area contributed by atoms with Crippen LogP contribution in [0.1, 0.15) is 19.3 Å². The number of hydrogen-bond acceptors (Lipinski definition) is 4. The molecule has 0 bridgehead atoms. The second-order valence-corrected chi connectivity index (χ2v) is 4.93. The van der Waals surface area contributed by atoms with E-state index in [1.54, 1.807) is 7.11 Å². The monoisotopic (exact) mass is 252 g/mol. The maximum absolute atomic E-state index is 5.73. The van der Waals surface area contributed by atoms with Crippen molar-refractivity contribution in [2.75, 3.05) is 38.3 Å². The fourth-order valence-corrected chi connectivity index (χ4v) is 2.51. The summed E-state index contributed by atoms with van der Waals surface area (Å²) >= 11 is 0. The molecule has 2 rings (SSSR count). The predicted molar refractivity (Wildman–Crippen MR) is 72.7 cm³/mol. The van der Waals surface area contributed by atoms with Gasteiger partial charge < -0.3 is 19.9 Å². The lowest BCUT2D eigenvalue weighted by molar-refractivity contribution is 0.190. The van der Waals surface area contributed by atoms with Crippen LogP contribution >= 0.6 is 0 Å². The van der Waals surface area contributed by atoms with Crippen molar-refractivity contribution >= 4 is 5.95 Å². The van der Waals surface area contributed by atoms with E-state index in [4.69, 9.17) is 10.5 Å². The van der Waals surface area contributed by atoms with Gasteiger partial charge in [-0.2, -0.15) is 0 Å². The number of nitrogens with zero attached hydrogens (tertiary/aromatic N) is 3. The number of aromatic nitrogens is 2. The molecule has 2 heterocycles. The summed E-state index contributed by atoms with van der Waals surface area (Å²) in [6, 6.07) is 0. The first-order chi connectivity index (χ1) is 8.85. The number of imidazole rings is 1. The summed E-state index contributed by atoms with van der Waals surface area (Å²) in [5.74, 6) is 1.79. The minimum atomic E-state index is 0.693. The fraction of sp³-hybridized carbons (Fsp3) is 0.769. The largest absolute Gasteiger partial charge is 0.385 e. The van der Waals surface area contributed by atoms with Gasteiger partial charge in [-0.05, 0) is 31.7 Å². The highest BCUT2D eigenvalue weighted by molar-refractivity contribution is 5.31. The van der Waals surface area contributed by atoms with Crippen LogP contribution in [0.5, 0.6) is 0 Å². The summed E-state index contributed by atoms with van der Waals surface area (Å²) in [4.78, 5) is 6.86.